The number of hydrogen-bond donors (Lipinski definition) is 2. The highest BCUT2D eigenvalue weighted by molar-refractivity contribution is 5.98. The number of methoxy groups -OCH3 is 1. The zero-order chi connectivity index (χ0) is 24.5. The number of carbonyl (C=O) groups is 1. The third-order valence-corrected chi connectivity index (χ3v) is 6.51. The lowest BCUT2D eigenvalue weighted by Gasteiger charge is -2.30. The Morgan fingerprint density at radius 1 is 1.00 bits per heavy atom. The standard InChI is InChI=1S/C29H36N2O4/c1-34-15-5-2-6-16-35-28-12-11-23-17-25(10-9-24(23)18-28)29(33)30-19-27(32)21-31-14-13-22-7-3-4-8-26(22)20-31/h3-4,7-12,17-18,27,32H,2,5-6,13-16,19-21H2,1H3,(H,30,33)/t27-/m0/s1. The highest BCUT2D eigenvalue weighted by atomic mass is 16.5. The van der Waals surface area contributed by atoms with E-state index in [4.69, 9.17) is 9.47 Å². The Kier molecular flexibility index (Phi) is 9.12. The van der Waals surface area contributed by atoms with E-state index in [1.807, 2.05) is 36.4 Å². The van der Waals surface area contributed by atoms with E-state index >= 15 is 0 Å². The number of rotatable bonds is 12. The summed E-state index contributed by atoms with van der Waals surface area (Å²) >= 11 is 0. The molecule has 6 heteroatoms. The van der Waals surface area contributed by atoms with Gasteiger partial charge in [-0.2, -0.15) is 0 Å². The predicted molar refractivity (Wildman–Crippen MR) is 139 cm³/mol. The van der Waals surface area contributed by atoms with Crippen LogP contribution >= 0.6 is 0 Å². The number of unbranched alkanes of at least 4 members (excludes halogenated alkanes) is 2. The Hall–Kier alpha value is -2.93. The smallest absolute Gasteiger partial charge is 0.251 e. The number of amides is 1. The molecule has 2 N–H and O–H groups in total. The first kappa shape index (κ1) is 25.2. The van der Waals surface area contributed by atoms with Crippen LogP contribution in [0.15, 0.2) is 60.7 Å². The van der Waals surface area contributed by atoms with Crippen LogP contribution in [0.1, 0.15) is 40.7 Å². The molecule has 3 aromatic carbocycles. The van der Waals surface area contributed by atoms with Gasteiger partial charge in [0.05, 0.1) is 12.7 Å². The van der Waals surface area contributed by atoms with E-state index in [2.05, 4.69) is 34.5 Å². The molecular formula is C29H36N2O4. The molecule has 1 atom stereocenters. The number of hydrogen-bond acceptors (Lipinski definition) is 5. The molecular weight excluding hydrogens is 440 g/mol. The number of aliphatic hydroxyl groups is 1. The van der Waals surface area contributed by atoms with Crippen molar-refractivity contribution < 1.29 is 19.4 Å². The zero-order valence-electron chi connectivity index (χ0n) is 20.5. The van der Waals surface area contributed by atoms with Crippen LogP contribution in [-0.4, -0.2) is 62.0 Å². The number of carbonyl (C=O) groups excluding carboxylic acids is 1. The topological polar surface area (TPSA) is 71.0 Å². The van der Waals surface area contributed by atoms with Gasteiger partial charge in [0.25, 0.3) is 5.91 Å². The van der Waals surface area contributed by atoms with Gasteiger partial charge in [-0.1, -0.05) is 36.4 Å². The molecule has 4 rings (SSSR count). The van der Waals surface area contributed by atoms with Crippen LogP contribution in [-0.2, 0) is 17.7 Å². The highest BCUT2D eigenvalue weighted by Gasteiger charge is 2.19. The fourth-order valence-electron chi connectivity index (χ4n) is 4.56. The van der Waals surface area contributed by atoms with Gasteiger partial charge in [0, 0.05) is 45.5 Å². The third-order valence-electron chi connectivity index (χ3n) is 6.51. The van der Waals surface area contributed by atoms with E-state index in [-0.39, 0.29) is 12.5 Å². The Morgan fingerprint density at radius 3 is 2.63 bits per heavy atom. The van der Waals surface area contributed by atoms with E-state index in [1.165, 1.54) is 11.1 Å². The summed E-state index contributed by atoms with van der Waals surface area (Å²) in [5, 5.41) is 15.4. The summed E-state index contributed by atoms with van der Waals surface area (Å²) in [4.78, 5) is 14.9. The summed E-state index contributed by atoms with van der Waals surface area (Å²) < 4.78 is 10.9. The maximum Gasteiger partial charge on any atom is 0.251 e. The molecule has 0 radical (unpaired) electrons. The van der Waals surface area contributed by atoms with Gasteiger partial charge < -0.3 is 19.9 Å². The SMILES string of the molecule is COCCCCCOc1ccc2cc(C(=O)NC[C@H](O)CN3CCc4ccccc4C3)ccc2c1. The fourth-order valence-corrected chi connectivity index (χ4v) is 4.56. The van der Waals surface area contributed by atoms with Gasteiger partial charge in [-0.05, 0) is 71.8 Å². The molecule has 0 fully saturated rings. The van der Waals surface area contributed by atoms with E-state index in [0.29, 0.717) is 18.7 Å². The van der Waals surface area contributed by atoms with E-state index in [0.717, 1.165) is 61.9 Å². The second-order valence-electron chi connectivity index (χ2n) is 9.24. The largest absolute Gasteiger partial charge is 0.494 e. The number of ether oxygens (including phenoxy) is 2. The van der Waals surface area contributed by atoms with Crippen molar-refractivity contribution in [3.63, 3.8) is 0 Å². The Balaban J connectivity index is 1.24. The van der Waals surface area contributed by atoms with Crippen LogP contribution in [0.5, 0.6) is 5.75 Å². The van der Waals surface area contributed by atoms with Crippen LogP contribution in [0.3, 0.4) is 0 Å². The molecule has 1 aliphatic rings. The molecule has 186 valence electrons. The molecule has 3 aromatic rings. The lowest BCUT2D eigenvalue weighted by Crippen LogP contribution is -2.42. The molecule has 0 spiro atoms. The summed E-state index contributed by atoms with van der Waals surface area (Å²) in [6.45, 7) is 4.01. The molecule has 0 aliphatic carbocycles. The predicted octanol–water partition coefficient (Wildman–Crippen LogP) is 4.18. The molecule has 0 saturated heterocycles. The summed E-state index contributed by atoms with van der Waals surface area (Å²) in [6.07, 6.45) is 3.51. The molecule has 6 nitrogen and oxygen atoms in total. The normalized spacial score (nSPS) is 14.5. The van der Waals surface area contributed by atoms with Crippen molar-refractivity contribution >= 4 is 16.7 Å². The van der Waals surface area contributed by atoms with Crippen LogP contribution in [0.4, 0.5) is 0 Å². The number of benzene rings is 3. The fraction of sp³-hybridized carbons (Fsp3) is 0.414. The molecule has 1 aliphatic heterocycles. The number of aliphatic hydroxyl groups excluding tert-OH is 1. The number of fused-ring (bicyclic) bond motifs is 2. The van der Waals surface area contributed by atoms with Gasteiger partial charge in [0.2, 0.25) is 0 Å². The molecule has 0 saturated carbocycles. The average molecular weight is 477 g/mol. The molecule has 0 aromatic heterocycles. The number of β-amino-alcohol motifs (C(OH)–C–C–N with tert-alkyl or cyclic N) is 1. The van der Waals surface area contributed by atoms with Crippen molar-refractivity contribution in [1.29, 1.82) is 0 Å². The van der Waals surface area contributed by atoms with Gasteiger partial charge >= 0.3 is 0 Å². The maximum atomic E-state index is 12.7. The lowest BCUT2D eigenvalue weighted by atomic mass is 10.00. The van der Waals surface area contributed by atoms with Crippen molar-refractivity contribution in [1.82, 2.24) is 10.2 Å². The quantitative estimate of drug-likeness (QED) is 0.384. The van der Waals surface area contributed by atoms with Gasteiger partial charge in [-0.15, -0.1) is 0 Å². The van der Waals surface area contributed by atoms with E-state index in [9.17, 15) is 9.90 Å². The van der Waals surface area contributed by atoms with Gasteiger partial charge in [0.15, 0.2) is 0 Å². The van der Waals surface area contributed by atoms with Crippen LogP contribution < -0.4 is 10.1 Å². The zero-order valence-corrected chi connectivity index (χ0v) is 20.5. The van der Waals surface area contributed by atoms with Crippen molar-refractivity contribution in [2.24, 2.45) is 0 Å². The Bertz CT molecular complexity index is 1120. The maximum absolute atomic E-state index is 12.7. The first-order chi connectivity index (χ1) is 17.1. The summed E-state index contributed by atoms with van der Waals surface area (Å²) in [6, 6.07) is 20.0. The highest BCUT2D eigenvalue weighted by Crippen LogP contribution is 2.23. The van der Waals surface area contributed by atoms with Crippen LogP contribution in [0.2, 0.25) is 0 Å². The minimum absolute atomic E-state index is 0.175. The molecule has 35 heavy (non-hydrogen) atoms. The van der Waals surface area contributed by atoms with E-state index in [1.54, 1.807) is 7.11 Å². The Labute approximate surface area is 207 Å². The van der Waals surface area contributed by atoms with Gasteiger partial charge in [-0.25, -0.2) is 0 Å². The third kappa shape index (κ3) is 7.28. The summed E-state index contributed by atoms with van der Waals surface area (Å²) in [5.74, 6) is 0.663. The second kappa shape index (κ2) is 12.7. The van der Waals surface area contributed by atoms with Crippen molar-refractivity contribution in [2.75, 3.05) is 40.0 Å². The van der Waals surface area contributed by atoms with Crippen LogP contribution in [0.25, 0.3) is 10.8 Å². The van der Waals surface area contributed by atoms with Crippen LogP contribution in [0, 0.1) is 0 Å². The van der Waals surface area contributed by atoms with Gasteiger partial charge in [-0.3, -0.25) is 9.69 Å². The number of nitrogens with zero attached hydrogens (tertiary/aromatic N) is 1. The Morgan fingerprint density at radius 2 is 1.77 bits per heavy atom. The van der Waals surface area contributed by atoms with Crippen molar-refractivity contribution in [2.45, 2.75) is 38.3 Å². The van der Waals surface area contributed by atoms with Crippen molar-refractivity contribution in [3.05, 3.63) is 77.4 Å². The monoisotopic (exact) mass is 476 g/mol. The molecule has 0 unspecified atom stereocenters. The number of nitrogens with one attached hydrogen (secondary N) is 1. The first-order valence-corrected chi connectivity index (χ1v) is 12.5. The first-order valence-electron chi connectivity index (χ1n) is 12.5. The average Bonchev–Trinajstić information content (AvgIpc) is 2.89. The molecule has 1 heterocycles. The minimum Gasteiger partial charge on any atom is -0.494 e. The molecule has 1 amide bonds. The summed E-state index contributed by atoms with van der Waals surface area (Å²) in [7, 11) is 1.72. The van der Waals surface area contributed by atoms with E-state index < -0.39 is 6.10 Å². The minimum atomic E-state index is -0.612. The molecule has 0 bridgehead atoms. The van der Waals surface area contributed by atoms with Gasteiger partial charge in [0.1, 0.15) is 5.75 Å². The van der Waals surface area contributed by atoms with Crippen molar-refractivity contribution in [3.8, 4) is 5.75 Å². The summed E-state index contributed by atoms with van der Waals surface area (Å²) in [5.41, 5.74) is 3.30. The lowest BCUT2D eigenvalue weighted by molar-refractivity contribution is 0.0842. The second-order valence-corrected chi connectivity index (χ2v) is 9.24.